The summed E-state index contributed by atoms with van der Waals surface area (Å²) in [5.41, 5.74) is 14.7. The van der Waals surface area contributed by atoms with Crippen LogP contribution >= 0.6 is 0 Å². The van der Waals surface area contributed by atoms with Gasteiger partial charge in [0.05, 0.1) is 0 Å². The first kappa shape index (κ1) is 40.9. The molecule has 9 aromatic carbocycles. The monoisotopic (exact) mass is 860 g/mol. The summed E-state index contributed by atoms with van der Waals surface area (Å²) in [6.45, 7) is 0. The van der Waals surface area contributed by atoms with E-state index >= 15 is 0 Å². The van der Waals surface area contributed by atoms with Crippen LogP contribution in [0.3, 0.4) is 0 Å². The van der Waals surface area contributed by atoms with Gasteiger partial charge in [-0.15, -0.1) is 0 Å². The molecule has 0 spiro atoms. The predicted molar refractivity (Wildman–Crippen MR) is 274 cm³/mol. The van der Waals surface area contributed by atoms with Gasteiger partial charge in [-0.25, -0.2) is 24.9 Å². The molecule has 1 aliphatic rings. The van der Waals surface area contributed by atoms with Gasteiger partial charge in [-0.3, -0.25) is 0 Å². The van der Waals surface area contributed by atoms with Crippen LogP contribution in [0, 0.1) is 0 Å². The molecule has 0 radical (unpaired) electrons. The van der Waals surface area contributed by atoms with Crippen molar-refractivity contribution >= 4 is 11.7 Å². The zero-order chi connectivity index (χ0) is 44.9. The average Bonchev–Trinajstić information content (AvgIpc) is 3.42. The summed E-state index contributed by atoms with van der Waals surface area (Å²) in [5.74, 6) is 3.46. The van der Waals surface area contributed by atoms with E-state index in [2.05, 4.69) is 176 Å². The zero-order valence-electron chi connectivity index (χ0n) is 36.9. The van der Waals surface area contributed by atoms with E-state index < -0.39 is 0 Å². The number of hydrogen-bond acceptors (Lipinski definition) is 6. The quantitative estimate of drug-likeness (QED) is 0.137. The van der Waals surface area contributed by atoms with E-state index in [1.54, 1.807) is 0 Å². The third-order valence-corrected chi connectivity index (χ3v) is 12.1. The number of rotatable bonds is 10. The van der Waals surface area contributed by atoms with Crippen LogP contribution in [0.25, 0.3) is 78.7 Å². The lowest BCUT2D eigenvalue weighted by atomic mass is 9.93. The minimum atomic E-state index is -0.219. The van der Waals surface area contributed by atoms with E-state index in [0.717, 1.165) is 83.7 Å². The fourth-order valence-electron chi connectivity index (χ4n) is 8.70. The van der Waals surface area contributed by atoms with Crippen molar-refractivity contribution < 1.29 is 0 Å². The minimum absolute atomic E-state index is 0.219. The number of nitrogens with zero attached hydrogens (tertiary/aromatic N) is 6. The largest absolute Gasteiger partial charge is 0.333 e. The lowest BCUT2D eigenvalue weighted by Gasteiger charge is -2.32. The molecular weight excluding hydrogens is 817 g/mol. The first-order chi connectivity index (χ1) is 33.1. The predicted octanol–water partition coefficient (Wildman–Crippen LogP) is 14.4. The molecule has 0 saturated carbocycles. The van der Waals surface area contributed by atoms with Crippen LogP contribution in [0.5, 0.6) is 0 Å². The van der Waals surface area contributed by atoms with Crippen LogP contribution in [0.4, 0.5) is 0 Å². The van der Waals surface area contributed by atoms with Crippen LogP contribution in [0.15, 0.2) is 253 Å². The normalized spacial score (nSPS) is 13.4. The van der Waals surface area contributed by atoms with Gasteiger partial charge in [-0.1, -0.05) is 206 Å². The van der Waals surface area contributed by atoms with Gasteiger partial charge in [-0.2, -0.15) is 0 Å². The van der Waals surface area contributed by atoms with E-state index in [4.69, 9.17) is 24.9 Å². The van der Waals surface area contributed by atoms with E-state index in [1.165, 1.54) is 0 Å². The smallest absolute Gasteiger partial charge is 0.164 e. The number of aliphatic imine (C=N–C) groups is 2. The SMILES string of the molecule is CN1C(c2ccccc2)=NC(c2cccc(-c3cccc(-c4cccc(-c5cc(-c6ccccc6)cc(-c6nc(-c7ccccc7)nc(-c7ccccc7)n6)c5)c4)c3)c2)=NC1c1ccccc1. The Bertz CT molecular complexity index is 3350. The standard InChI is InChI=1S/C61H44N6/c1-67-60(45-26-13-5-14-27-45)65-58(66-61(67)46-28-15-6-16-29-46)52-35-19-33-50(38-52)48-31-17-30-47(36-48)49-32-18-34-51(37-49)54-39-53(42-20-7-2-8-21-42)40-55(41-54)59-63-56(43-22-9-3-10-23-43)62-57(64-59)44-24-11-4-12-25-44/h2-41,60H,1H3. The fourth-order valence-corrected chi connectivity index (χ4v) is 8.70. The lowest BCUT2D eigenvalue weighted by Crippen LogP contribution is -2.35. The molecule has 2 heterocycles. The summed E-state index contributed by atoms with van der Waals surface area (Å²) in [5, 5.41) is 0. The van der Waals surface area contributed by atoms with Crippen molar-refractivity contribution in [2.24, 2.45) is 9.98 Å². The zero-order valence-corrected chi connectivity index (χ0v) is 36.9. The molecule has 6 heteroatoms. The van der Waals surface area contributed by atoms with Gasteiger partial charge in [0, 0.05) is 34.9 Å². The number of aromatic nitrogens is 3. The second kappa shape index (κ2) is 18.3. The molecule has 0 aliphatic carbocycles. The van der Waals surface area contributed by atoms with Crippen LogP contribution in [-0.2, 0) is 0 Å². The van der Waals surface area contributed by atoms with Gasteiger partial charge in [0.15, 0.2) is 23.3 Å². The van der Waals surface area contributed by atoms with Crippen LogP contribution in [0.2, 0.25) is 0 Å². The third-order valence-electron chi connectivity index (χ3n) is 12.1. The first-order valence-corrected chi connectivity index (χ1v) is 22.5. The fraction of sp³-hybridized carbons (Fsp3) is 0.0328. The molecule has 1 atom stereocenters. The van der Waals surface area contributed by atoms with E-state index in [1.807, 2.05) is 78.9 Å². The first-order valence-electron chi connectivity index (χ1n) is 22.5. The highest BCUT2D eigenvalue weighted by atomic mass is 15.3. The molecule has 0 amide bonds. The van der Waals surface area contributed by atoms with Gasteiger partial charge in [0.2, 0.25) is 0 Å². The molecule has 67 heavy (non-hydrogen) atoms. The second-order valence-electron chi connectivity index (χ2n) is 16.6. The van der Waals surface area contributed by atoms with Gasteiger partial charge >= 0.3 is 0 Å². The van der Waals surface area contributed by atoms with Gasteiger partial charge < -0.3 is 4.90 Å². The topological polar surface area (TPSA) is 66.6 Å². The van der Waals surface area contributed by atoms with E-state index in [9.17, 15) is 0 Å². The van der Waals surface area contributed by atoms with Gasteiger partial charge in [0.1, 0.15) is 12.0 Å². The molecule has 6 nitrogen and oxygen atoms in total. The summed E-state index contributed by atoms with van der Waals surface area (Å²) in [7, 11) is 2.07. The number of benzene rings is 9. The molecule has 10 aromatic rings. The Balaban J connectivity index is 0.966. The van der Waals surface area contributed by atoms with Crippen molar-refractivity contribution in [1.82, 2.24) is 19.9 Å². The third kappa shape index (κ3) is 8.72. The van der Waals surface area contributed by atoms with E-state index in [-0.39, 0.29) is 6.17 Å². The molecule has 11 rings (SSSR count). The van der Waals surface area contributed by atoms with Crippen molar-refractivity contribution in [2.45, 2.75) is 6.17 Å². The number of hydrogen-bond donors (Lipinski definition) is 0. The summed E-state index contributed by atoms with van der Waals surface area (Å²) in [6.07, 6.45) is -0.219. The summed E-state index contributed by atoms with van der Waals surface area (Å²) in [6, 6.07) is 84.3. The summed E-state index contributed by atoms with van der Waals surface area (Å²) < 4.78 is 0. The van der Waals surface area contributed by atoms with Crippen LogP contribution in [-0.4, -0.2) is 38.6 Å². The Morgan fingerprint density at radius 3 is 1.12 bits per heavy atom. The number of amidine groups is 2. The molecular formula is C61H44N6. The summed E-state index contributed by atoms with van der Waals surface area (Å²) >= 11 is 0. The minimum Gasteiger partial charge on any atom is -0.333 e. The van der Waals surface area contributed by atoms with E-state index in [0.29, 0.717) is 23.3 Å². The molecule has 0 bridgehead atoms. The van der Waals surface area contributed by atoms with Crippen molar-refractivity contribution in [3.05, 3.63) is 259 Å². The molecule has 0 fully saturated rings. The Hall–Kier alpha value is -8.87. The van der Waals surface area contributed by atoms with Crippen LogP contribution < -0.4 is 0 Å². The Labute approximate surface area is 391 Å². The van der Waals surface area contributed by atoms with Crippen molar-refractivity contribution in [3.63, 3.8) is 0 Å². The summed E-state index contributed by atoms with van der Waals surface area (Å²) in [4.78, 5) is 27.8. The maximum atomic E-state index is 5.25. The average molecular weight is 861 g/mol. The Morgan fingerprint density at radius 2 is 0.627 bits per heavy atom. The highest BCUT2D eigenvalue weighted by molar-refractivity contribution is 6.13. The van der Waals surface area contributed by atoms with Crippen LogP contribution in [0.1, 0.15) is 22.9 Å². The molecule has 318 valence electrons. The van der Waals surface area contributed by atoms with Gasteiger partial charge in [0.25, 0.3) is 0 Å². The second-order valence-corrected chi connectivity index (χ2v) is 16.6. The highest BCUT2D eigenvalue weighted by Gasteiger charge is 2.27. The molecule has 1 aliphatic heterocycles. The Morgan fingerprint density at radius 1 is 0.299 bits per heavy atom. The molecule has 0 saturated heterocycles. The molecule has 0 N–H and O–H groups in total. The lowest BCUT2D eigenvalue weighted by molar-refractivity contribution is 0.383. The van der Waals surface area contributed by atoms with Crippen molar-refractivity contribution in [3.8, 4) is 78.7 Å². The van der Waals surface area contributed by atoms with Crippen molar-refractivity contribution in [1.29, 1.82) is 0 Å². The maximum Gasteiger partial charge on any atom is 0.164 e. The molecule has 1 unspecified atom stereocenters. The highest BCUT2D eigenvalue weighted by Crippen LogP contribution is 2.36. The maximum absolute atomic E-state index is 5.25. The van der Waals surface area contributed by atoms with Gasteiger partial charge in [-0.05, 0) is 86.5 Å². The van der Waals surface area contributed by atoms with Crippen molar-refractivity contribution in [2.75, 3.05) is 7.05 Å². The molecule has 1 aromatic heterocycles. The Kier molecular flexibility index (Phi) is 11.2.